The molecule has 0 heterocycles. The minimum atomic E-state index is -0.459. The smallest absolute Gasteiger partial charge is 0.309 e. The summed E-state index contributed by atoms with van der Waals surface area (Å²) >= 11 is 6.85. The predicted molar refractivity (Wildman–Crippen MR) is 368 cm³/mol. The zero-order chi connectivity index (χ0) is 66.7. The number of carbonyl (C=O) groups excluding carboxylic acids is 8. The first kappa shape index (κ1) is 86.0. The highest BCUT2D eigenvalue weighted by Gasteiger charge is 2.20. The molecule has 23 heteroatoms. The fourth-order valence-electron chi connectivity index (χ4n) is 8.15. The molecule has 4 unspecified atom stereocenters. The van der Waals surface area contributed by atoms with E-state index in [9.17, 15) is 38.4 Å². The van der Waals surface area contributed by atoms with Crippen LogP contribution in [-0.2, 0) is 76.3 Å². The molecule has 0 aromatic rings. The molecule has 0 aliphatic carbocycles. The summed E-state index contributed by atoms with van der Waals surface area (Å²) in [4.78, 5) is 108. The maximum atomic E-state index is 12.9. The molecule has 0 aromatic heterocycles. The molecule has 0 fully saturated rings. The highest BCUT2D eigenvalue weighted by molar-refractivity contribution is 7.99. The molecule has 0 aliphatic heterocycles. The van der Waals surface area contributed by atoms with Crippen molar-refractivity contribution in [1.29, 1.82) is 0 Å². The Morgan fingerprint density at radius 1 is 0.322 bits per heavy atom. The van der Waals surface area contributed by atoms with Gasteiger partial charge in [0.05, 0.1) is 49.4 Å². The predicted octanol–water partition coefficient (Wildman–Crippen LogP) is 11.1. The molecule has 0 spiro atoms. The minimum Gasteiger partial charge on any atom is -0.462 e. The molecule has 518 valence electrons. The van der Waals surface area contributed by atoms with Gasteiger partial charge in [0.2, 0.25) is 0 Å². The summed E-state index contributed by atoms with van der Waals surface area (Å²) in [6.45, 7) is 18.5. The number of hydrogen-bond acceptors (Lipinski definition) is 23. The third-order valence-corrected chi connectivity index (χ3v) is 18.8. The van der Waals surface area contributed by atoms with Gasteiger partial charge in [0.25, 0.3) is 0 Å². The summed E-state index contributed by atoms with van der Waals surface area (Å²) in [6.07, 6.45) is 26.4. The maximum Gasteiger partial charge on any atom is 0.309 e. The Kier molecular flexibility index (Phi) is 58.5. The number of rotatable bonds is 60. The third-order valence-electron chi connectivity index (χ3n) is 13.6. The van der Waals surface area contributed by atoms with E-state index in [1.165, 1.54) is 0 Å². The molecule has 0 radical (unpaired) electrons. The molecular formula is C67H115N3O16S4. The van der Waals surface area contributed by atoms with Gasteiger partial charge in [-0.05, 0) is 148 Å². The Balaban J connectivity index is 5.50. The van der Waals surface area contributed by atoms with Crippen molar-refractivity contribution in [3.63, 3.8) is 0 Å². The molecule has 0 saturated carbocycles. The number of unbranched alkanes of at least 4 members (excludes halogenated alkanes) is 4. The summed E-state index contributed by atoms with van der Waals surface area (Å²) < 4.78 is 43.2. The number of ether oxygens (including phenoxy) is 8. The van der Waals surface area contributed by atoms with Crippen LogP contribution in [0, 0.1) is 23.7 Å². The average Bonchev–Trinajstić information content (AvgIpc) is 3.60. The van der Waals surface area contributed by atoms with Crippen molar-refractivity contribution in [1.82, 2.24) is 14.7 Å². The highest BCUT2D eigenvalue weighted by Crippen LogP contribution is 2.16. The van der Waals surface area contributed by atoms with Gasteiger partial charge in [-0.15, -0.1) is 0 Å². The van der Waals surface area contributed by atoms with E-state index in [1.807, 2.05) is 96.5 Å². The fraction of sp³-hybridized carbons (Fsp3) is 0.761. The summed E-state index contributed by atoms with van der Waals surface area (Å²) in [7, 11) is 1.99. The number of esters is 8. The second-order valence-electron chi connectivity index (χ2n) is 22.0. The van der Waals surface area contributed by atoms with Crippen molar-refractivity contribution in [3.8, 4) is 0 Å². The van der Waals surface area contributed by atoms with Crippen LogP contribution in [-0.4, -0.2) is 221 Å². The molecule has 0 aromatic carbocycles. The van der Waals surface area contributed by atoms with Crippen LogP contribution in [0.25, 0.3) is 0 Å². The van der Waals surface area contributed by atoms with Gasteiger partial charge < -0.3 is 52.6 Å². The van der Waals surface area contributed by atoms with Gasteiger partial charge in [0.15, 0.2) is 0 Å². The van der Waals surface area contributed by atoms with Crippen LogP contribution in [0.2, 0.25) is 0 Å². The second kappa shape index (κ2) is 61.2. The molecule has 0 rings (SSSR count). The number of carbonyl (C=O) groups is 8. The molecule has 4 atom stereocenters. The Morgan fingerprint density at radius 3 is 0.767 bits per heavy atom. The zero-order valence-corrected chi connectivity index (χ0v) is 59.6. The van der Waals surface area contributed by atoms with E-state index in [-0.39, 0.29) is 126 Å². The van der Waals surface area contributed by atoms with Crippen molar-refractivity contribution in [3.05, 3.63) is 48.6 Å². The molecule has 0 aliphatic rings. The van der Waals surface area contributed by atoms with Gasteiger partial charge in [-0.3, -0.25) is 38.4 Å². The maximum absolute atomic E-state index is 12.9. The molecule has 0 N–H and O–H groups in total. The van der Waals surface area contributed by atoms with Gasteiger partial charge in [-0.25, -0.2) is 0 Å². The summed E-state index contributed by atoms with van der Waals surface area (Å²) in [6, 6.07) is 0. The second-order valence-corrected chi connectivity index (χ2v) is 26.6. The Morgan fingerprint density at radius 2 is 0.544 bits per heavy atom. The number of nitrogens with zero attached hydrogens (tertiary/aromatic N) is 3. The van der Waals surface area contributed by atoms with Crippen molar-refractivity contribution in [2.45, 2.75) is 145 Å². The lowest BCUT2D eigenvalue weighted by atomic mass is 10.2. The van der Waals surface area contributed by atoms with Crippen molar-refractivity contribution in [2.75, 3.05) is 158 Å². The SMILES string of the molecule is C/C=C\CCCSCC(C)C(=O)OCCOC(=O)CCN(CCCN(C)CCCN(CCC(=O)OCCOC(=O)C(C)CSCCC/C=C\C)CCC(=O)OCCOC(=O)C(C)CSCCC/C=C\C)CCC(=O)OCCOC(=O)C(C)CSCCC/C=C\C. The quantitative estimate of drug-likeness (QED) is 0.0239. The van der Waals surface area contributed by atoms with E-state index < -0.39 is 23.9 Å². The van der Waals surface area contributed by atoms with Gasteiger partial charge >= 0.3 is 47.8 Å². The highest BCUT2D eigenvalue weighted by atomic mass is 32.2. The van der Waals surface area contributed by atoms with E-state index in [0.29, 0.717) is 88.2 Å². The molecule has 90 heavy (non-hydrogen) atoms. The lowest BCUT2D eigenvalue weighted by Crippen LogP contribution is -2.34. The summed E-state index contributed by atoms with van der Waals surface area (Å²) in [5.41, 5.74) is 0. The molecular weight excluding hydrogens is 1230 g/mol. The zero-order valence-electron chi connectivity index (χ0n) is 56.3. The molecule has 0 amide bonds. The largest absolute Gasteiger partial charge is 0.462 e. The van der Waals surface area contributed by atoms with Crippen LogP contribution >= 0.6 is 47.0 Å². The number of hydrogen-bond donors (Lipinski definition) is 0. The minimum absolute atomic E-state index is 0.0431. The standard InChI is InChI=1S/C67H115N3O16S4/c1-10-14-18-22-48-87-52-56(5)64(75)83-44-40-79-60(71)28-36-69(37-29-61(72)80-41-45-84-65(76)57(6)53-88-49-23-19-15-11-2)34-26-32-68(9)33-27-35-70(38-30-62(73)81-42-46-85-66(77)58(7)54-89-50-24-20-16-12-3)39-31-63(74)82-43-47-86-67(78)59(8)55-90-51-25-21-17-13-4/h10-17,56-59H,18-55H2,1-9H3/b14-10-,15-11-,16-12-,17-13-. The number of thioether (sulfide) groups is 4. The molecule has 0 bridgehead atoms. The van der Waals surface area contributed by atoms with E-state index in [0.717, 1.165) is 74.4 Å². The van der Waals surface area contributed by atoms with Crippen LogP contribution in [0.3, 0.4) is 0 Å². The van der Waals surface area contributed by atoms with Crippen LogP contribution in [0.4, 0.5) is 0 Å². The lowest BCUT2D eigenvalue weighted by molar-refractivity contribution is -0.154. The van der Waals surface area contributed by atoms with E-state index in [4.69, 9.17) is 37.9 Å². The van der Waals surface area contributed by atoms with Crippen LogP contribution in [0.5, 0.6) is 0 Å². The Bertz CT molecular complexity index is 1770. The van der Waals surface area contributed by atoms with Gasteiger partial charge in [-0.1, -0.05) is 76.3 Å². The summed E-state index contributed by atoms with van der Waals surface area (Å²) in [5.74, 6) is 2.14. The van der Waals surface area contributed by atoms with Gasteiger partial charge in [-0.2, -0.15) is 47.0 Å². The third kappa shape index (κ3) is 53.5. The van der Waals surface area contributed by atoms with Gasteiger partial charge in [0.1, 0.15) is 52.9 Å². The first-order valence-corrected chi connectivity index (χ1v) is 37.3. The molecule has 19 nitrogen and oxygen atoms in total. The van der Waals surface area contributed by atoms with E-state index >= 15 is 0 Å². The number of allylic oxidation sites excluding steroid dienone is 8. The van der Waals surface area contributed by atoms with Crippen molar-refractivity contribution >= 4 is 94.8 Å². The van der Waals surface area contributed by atoms with Crippen molar-refractivity contribution in [2.24, 2.45) is 23.7 Å². The summed E-state index contributed by atoms with van der Waals surface area (Å²) in [5, 5.41) is 0. The molecule has 0 saturated heterocycles. The Hall–Kier alpha value is -4.00. The average molecular weight is 1350 g/mol. The van der Waals surface area contributed by atoms with Crippen LogP contribution in [0.1, 0.15) is 145 Å². The van der Waals surface area contributed by atoms with E-state index in [2.05, 4.69) is 29.2 Å². The fourth-order valence-corrected chi connectivity index (χ4v) is 12.3. The topological polar surface area (TPSA) is 220 Å². The van der Waals surface area contributed by atoms with Crippen molar-refractivity contribution < 1.29 is 76.3 Å². The normalized spacial score (nSPS) is 13.1. The van der Waals surface area contributed by atoms with Crippen LogP contribution in [0.15, 0.2) is 48.6 Å². The lowest BCUT2D eigenvalue weighted by Gasteiger charge is -2.25. The monoisotopic (exact) mass is 1350 g/mol. The Labute approximate surface area is 558 Å². The van der Waals surface area contributed by atoms with Crippen LogP contribution < -0.4 is 0 Å². The van der Waals surface area contributed by atoms with E-state index in [1.54, 1.807) is 47.0 Å². The first-order valence-electron chi connectivity index (χ1n) is 32.6. The van der Waals surface area contributed by atoms with Gasteiger partial charge in [0, 0.05) is 49.2 Å². The first-order chi connectivity index (χ1) is 43.5.